The number of nitrogens with zero attached hydrogens (tertiary/aromatic N) is 1. The summed E-state index contributed by atoms with van der Waals surface area (Å²) in [4.78, 5) is 46.7. The van der Waals surface area contributed by atoms with Gasteiger partial charge < -0.3 is 0 Å². The van der Waals surface area contributed by atoms with Gasteiger partial charge in [0.2, 0.25) is 11.8 Å². The fourth-order valence-electron chi connectivity index (χ4n) is 8.43. The van der Waals surface area contributed by atoms with Crippen LogP contribution in [0.1, 0.15) is 27.8 Å². The number of fused-ring (bicyclic) bond motifs is 5. The Hall–Kier alpha value is -4.98. The Bertz CT molecular complexity index is 2080. The molecule has 5 aromatic carbocycles. The molecule has 1 aliphatic heterocycles. The number of carbonyl (C=O) groups is 3. The Kier molecular flexibility index (Phi) is 7.04. The van der Waals surface area contributed by atoms with E-state index in [9.17, 15) is 22.8 Å². The zero-order valence-corrected chi connectivity index (χ0v) is 26.9. The fraction of sp³-hybridized carbons (Fsp3) is 0.125. The first-order valence-electron chi connectivity index (χ1n) is 15.5. The van der Waals surface area contributed by atoms with Crippen LogP contribution in [-0.4, -0.2) is 17.6 Å². The number of carbonyl (C=O) groups excluding carboxylic acids is 3. The van der Waals surface area contributed by atoms with E-state index >= 15 is 4.79 Å². The van der Waals surface area contributed by atoms with Crippen molar-refractivity contribution in [2.75, 3.05) is 4.90 Å². The zero-order chi connectivity index (χ0) is 34.3. The minimum atomic E-state index is -4.72. The van der Waals surface area contributed by atoms with Crippen molar-refractivity contribution in [2.24, 2.45) is 11.8 Å². The molecule has 0 N–H and O–H groups in total. The molecule has 0 aromatic heterocycles. The molecular weight excluding hydrogens is 670 g/mol. The zero-order valence-electron chi connectivity index (χ0n) is 25.4. The van der Waals surface area contributed by atoms with Gasteiger partial charge in [-0.2, -0.15) is 13.2 Å². The number of rotatable bonds is 5. The number of anilines is 1. The smallest absolute Gasteiger partial charge is 0.297 e. The number of benzene rings is 5. The van der Waals surface area contributed by atoms with Crippen molar-refractivity contribution >= 4 is 57.6 Å². The predicted molar refractivity (Wildman–Crippen MR) is 182 cm³/mol. The summed E-state index contributed by atoms with van der Waals surface area (Å²) in [5, 5.41) is 0.800. The van der Waals surface area contributed by atoms with E-state index in [0.717, 1.165) is 17.0 Å². The van der Waals surface area contributed by atoms with E-state index in [1.54, 1.807) is 48.5 Å². The van der Waals surface area contributed by atoms with Crippen molar-refractivity contribution in [1.82, 2.24) is 0 Å². The summed E-state index contributed by atoms with van der Waals surface area (Å²) in [5.74, 6) is -4.49. The van der Waals surface area contributed by atoms with Crippen LogP contribution in [0, 0.1) is 11.8 Å². The minimum Gasteiger partial charge on any atom is -0.297 e. The molecular formula is C40H24Cl2F3NO3. The van der Waals surface area contributed by atoms with Gasteiger partial charge in [0, 0.05) is 10.0 Å². The summed E-state index contributed by atoms with van der Waals surface area (Å²) in [5.41, 5.74) is -1.36. The Morgan fingerprint density at radius 3 is 1.39 bits per heavy atom. The number of Topliss-reactive ketones (excluding diaryl/α,β-unsaturated/α-hetero) is 1. The Balaban J connectivity index is 1.53. The predicted octanol–water partition coefficient (Wildman–Crippen LogP) is 9.20. The van der Waals surface area contributed by atoms with Gasteiger partial charge in [-0.15, -0.1) is 0 Å². The molecule has 3 aliphatic rings. The monoisotopic (exact) mass is 693 g/mol. The molecule has 2 amide bonds. The van der Waals surface area contributed by atoms with E-state index in [0.29, 0.717) is 43.4 Å². The second kappa shape index (κ2) is 11.0. The van der Waals surface area contributed by atoms with Gasteiger partial charge in [-0.05, 0) is 75.9 Å². The highest BCUT2D eigenvalue weighted by molar-refractivity contribution is 6.39. The third-order valence-electron chi connectivity index (χ3n) is 10.1. The van der Waals surface area contributed by atoms with Crippen LogP contribution in [0.15, 0.2) is 133 Å². The van der Waals surface area contributed by atoms with Crippen LogP contribution in [0.25, 0.3) is 11.1 Å². The fourth-order valence-corrected chi connectivity index (χ4v) is 8.69. The number of hydrogen-bond acceptors (Lipinski definition) is 3. The van der Waals surface area contributed by atoms with Crippen molar-refractivity contribution in [2.45, 2.75) is 17.0 Å². The van der Waals surface area contributed by atoms with Crippen molar-refractivity contribution in [3.05, 3.63) is 171 Å². The first-order chi connectivity index (χ1) is 23.5. The van der Waals surface area contributed by atoms with Gasteiger partial charge in [0.25, 0.3) is 0 Å². The Labute approximate surface area is 289 Å². The number of hydrogen-bond donors (Lipinski definition) is 0. The van der Waals surface area contributed by atoms with Crippen LogP contribution in [0.4, 0.5) is 18.9 Å². The molecule has 8 rings (SSSR count). The summed E-state index contributed by atoms with van der Waals surface area (Å²) < 4.78 is 41.7. The third-order valence-corrected chi connectivity index (χ3v) is 10.7. The average Bonchev–Trinajstić information content (AvgIpc) is 3.61. The topological polar surface area (TPSA) is 54.5 Å². The Morgan fingerprint density at radius 2 is 0.980 bits per heavy atom. The molecule has 2 fully saturated rings. The molecule has 5 aromatic rings. The summed E-state index contributed by atoms with van der Waals surface area (Å²) in [7, 11) is 0. The molecule has 0 radical (unpaired) electrons. The molecule has 9 heteroatoms. The standard InChI is InChI=1S/C40H24Cl2F3NO3/c41-28-18-14-25(15-19-28)38-31(23-8-3-1-4-9-23)32(24-10-5-2-6-11-24)39(37(38)49,26-16-20-29(42)21-17-26)34-33(38)35(47)46(36(34)48)30-13-7-12-27(22-30)40(43,44)45/h1-22,33-34H. The number of allylic oxidation sites excluding steroid dienone is 2. The van der Waals surface area contributed by atoms with E-state index in [-0.39, 0.29) is 11.5 Å². The molecule has 1 saturated heterocycles. The van der Waals surface area contributed by atoms with E-state index in [1.807, 2.05) is 60.7 Å². The first kappa shape index (κ1) is 31.3. The number of imide groups is 1. The SMILES string of the molecule is O=C1C2C(C(=O)N1c1cccc(C(F)(F)F)c1)C1(c3ccc(Cl)cc3)C(=O)C2(c2ccc(Cl)cc2)C(c2ccccc2)=C1c1ccccc1. The Morgan fingerprint density at radius 1 is 0.551 bits per heavy atom. The van der Waals surface area contributed by atoms with Gasteiger partial charge in [0.05, 0.1) is 33.9 Å². The van der Waals surface area contributed by atoms with Gasteiger partial charge in [0.1, 0.15) is 0 Å². The highest BCUT2D eigenvalue weighted by atomic mass is 35.5. The van der Waals surface area contributed by atoms with E-state index in [1.165, 1.54) is 12.1 Å². The molecule has 242 valence electrons. The first-order valence-corrected chi connectivity index (χ1v) is 16.3. The van der Waals surface area contributed by atoms with Gasteiger partial charge in [-0.25, -0.2) is 4.90 Å². The molecule has 49 heavy (non-hydrogen) atoms. The molecule has 0 spiro atoms. The van der Waals surface area contributed by atoms with Crippen molar-refractivity contribution in [3.63, 3.8) is 0 Å². The minimum absolute atomic E-state index is 0.217. The van der Waals surface area contributed by atoms with Crippen LogP contribution in [0.3, 0.4) is 0 Å². The molecule has 1 heterocycles. The summed E-state index contributed by atoms with van der Waals surface area (Å²) in [6.07, 6.45) is -4.72. The molecule has 2 bridgehead atoms. The van der Waals surface area contributed by atoms with Crippen LogP contribution >= 0.6 is 23.2 Å². The van der Waals surface area contributed by atoms with E-state index in [4.69, 9.17) is 23.2 Å². The highest BCUT2D eigenvalue weighted by Gasteiger charge is 2.82. The lowest BCUT2D eigenvalue weighted by Crippen LogP contribution is -2.45. The van der Waals surface area contributed by atoms with Gasteiger partial charge in [-0.1, -0.05) is 114 Å². The van der Waals surface area contributed by atoms with Crippen LogP contribution in [0.2, 0.25) is 10.0 Å². The number of alkyl halides is 3. The van der Waals surface area contributed by atoms with Crippen molar-refractivity contribution < 1.29 is 27.6 Å². The van der Waals surface area contributed by atoms with Crippen molar-refractivity contribution in [1.29, 1.82) is 0 Å². The highest BCUT2D eigenvalue weighted by Crippen LogP contribution is 2.74. The molecule has 4 atom stereocenters. The van der Waals surface area contributed by atoms with E-state index < -0.39 is 46.2 Å². The number of halogens is 5. The maximum Gasteiger partial charge on any atom is 0.416 e. The lowest BCUT2D eigenvalue weighted by Gasteiger charge is -2.39. The maximum absolute atomic E-state index is 15.9. The maximum atomic E-state index is 15.9. The number of amides is 2. The van der Waals surface area contributed by atoms with Crippen LogP contribution in [-0.2, 0) is 31.4 Å². The lowest BCUT2D eigenvalue weighted by molar-refractivity contribution is -0.137. The normalized spacial score (nSPS) is 24.6. The summed E-state index contributed by atoms with van der Waals surface area (Å²) in [6.45, 7) is 0. The molecule has 2 aliphatic carbocycles. The summed E-state index contributed by atoms with van der Waals surface area (Å²) in [6, 6.07) is 35.9. The van der Waals surface area contributed by atoms with Gasteiger partial charge in [0.15, 0.2) is 5.78 Å². The van der Waals surface area contributed by atoms with Crippen molar-refractivity contribution in [3.8, 4) is 0 Å². The van der Waals surface area contributed by atoms with E-state index in [2.05, 4.69) is 0 Å². The van der Waals surface area contributed by atoms with Crippen LogP contribution in [0.5, 0.6) is 0 Å². The molecule has 4 nitrogen and oxygen atoms in total. The quantitative estimate of drug-likeness (QED) is 0.173. The third kappa shape index (κ3) is 4.22. The second-order valence-electron chi connectivity index (χ2n) is 12.5. The summed E-state index contributed by atoms with van der Waals surface area (Å²) >= 11 is 12.7. The van der Waals surface area contributed by atoms with Gasteiger partial charge >= 0.3 is 6.18 Å². The largest absolute Gasteiger partial charge is 0.416 e. The second-order valence-corrected chi connectivity index (χ2v) is 13.3. The van der Waals surface area contributed by atoms with Crippen LogP contribution < -0.4 is 4.90 Å². The molecule has 4 unspecified atom stereocenters. The average molecular weight is 695 g/mol. The molecule has 1 saturated carbocycles. The van der Waals surface area contributed by atoms with Gasteiger partial charge in [-0.3, -0.25) is 14.4 Å². The lowest BCUT2D eigenvalue weighted by atomic mass is 9.59. The number of ketones is 1.